The zero-order valence-corrected chi connectivity index (χ0v) is 10.9. The van der Waals surface area contributed by atoms with Crippen molar-refractivity contribution >= 4 is 0 Å². The van der Waals surface area contributed by atoms with Crippen LogP contribution in [0, 0.1) is 31.1 Å². The molecule has 0 saturated carbocycles. The van der Waals surface area contributed by atoms with Crippen LogP contribution in [-0.4, -0.2) is 31.1 Å². The van der Waals surface area contributed by atoms with Gasteiger partial charge in [-0.2, -0.15) is 5.26 Å². The SMILES string of the molecule is Cc1ccc(C)c2c1OCC1CN(CC#N)CC21. The Labute approximate surface area is 108 Å². The largest absolute Gasteiger partial charge is 0.493 e. The topological polar surface area (TPSA) is 36.3 Å². The van der Waals surface area contributed by atoms with Gasteiger partial charge < -0.3 is 4.74 Å². The van der Waals surface area contributed by atoms with Crippen molar-refractivity contribution in [2.24, 2.45) is 5.92 Å². The number of hydrogen-bond donors (Lipinski definition) is 0. The summed E-state index contributed by atoms with van der Waals surface area (Å²) >= 11 is 0. The van der Waals surface area contributed by atoms with Crippen molar-refractivity contribution in [3.8, 4) is 11.8 Å². The van der Waals surface area contributed by atoms with Crippen molar-refractivity contribution < 1.29 is 4.74 Å². The fourth-order valence-electron chi connectivity index (χ4n) is 3.34. The Kier molecular flexibility index (Phi) is 2.76. The summed E-state index contributed by atoms with van der Waals surface area (Å²) in [5.74, 6) is 2.18. The van der Waals surface area contributed by atoms with Crippen molar-refractivity contribution in [1.29, 1.82) is 5.26 Å². The minimum atomic E-state index is 0.535. The number of hydrogen-bond acceptors (Lipinski definition) is 3. The molecule has 2 heterocycles. The van der Waals surface area contributed by atoms with Gasteiger partial charge in [-0.05, 0) is 25.0 Å². The zero-order chi connectivity index (χ0) is 12.7. The molecule has 1 fully saturated rings. The van der Waals surface area contributed by atoms with E-state index in [4.69, 9.17) is 10.00 Å². The molecular formula is C15H18N2O. The molecule has 94 valence electrons. The van der Waals surface area contributed by atoms with Crippen molar-refractivity contribution in [1.82, 2.24) is 4.90 Å². The van der Waals surface area contributed by atoms with E-state index < -0.39 is 0 Å². The lowest BCUT2D eigenvalue weighted by Crippen LogP contribution is -2.26. The van der Waals surface area contributed by atoms with Gasteiger partial charge in [0, 0.05) is 30.5 Å². The summed E-state index contributed by atoms with van der Waals surface area (Å²) in [4.78, 5) is 2.25. The first kappa shape index (κ1) is 11.6. The van der Waals surface area contributed by atoms with Gasteiger partial charge >= 0.3 is 0 Å². The van der Waals surface area contributed by atoms with Gasteiger partial charge in [-0.25, -0.2) is 0 Å². The van der Waals surface area contributed by atoms with E-state index in [1.165, 1.54) is 16.7 Å². The van der Waals surface area contributed by atoms with Gasteiger partial charge in [-0.1, -0.05) is 12.1 Å². The normalized spacial score (nSPS) is 26.1. The van der Waals surface area contributed by atoms with E-state index in [-0.39, 0.29) is 0 Å². The number of likely N-dealkylation sites (tertiary alicyclic amines) is 1. The molecule has 1 aromatic carbocycles. The van der Waals surface area contributed by atoms with E-state index in [2.05, 4.69) is 36.9 Å². The second-order valence-corrected chi connectivity index (χ2v) is 5.47. The second-order valence-electron chi connectivity index (χ2n) is 5.47. The third-order valence-corrected chi connectivity index (χ3v) is 4.23. The lowest BCUT2D eigenvalue weighted by Gasteiger charge is -2.30. The highest BCUT2D eigenvalue weighted by atomic mass is 16.5. The van der Waals surface area contributed by atoms with Crippen LogP contribution < -0.4 is 4.74 Å². The Hall–Kier alpha value is -1.53. The van der Waals surface area contributed by atoms with Crippen LogP contribution in [-0.2, 0) is 0 Å². The van der Waals surface area contributed by atoms with Gasteiger partial charge in [0.2, 0.25) is 0 Å². The molecule has 3 heteroatoms. The van der Waals surface area contributed by atoms with E-state index in [9.17, 15) is 0 Å². The van der Waals surface area contributed by atoms with E-state index in [1.54, 1.807) is 0 Å². The molecule has 2 atom stereocenters. The van der Waals surface area contributed by atoms with Gasteiger partial charge in [-0.3, -0.25) is 4.90 Å². The molecule has 18 heavy (non-hydrogen) atoms. The lowest BCUT2D eigenvalue weighted by atomic mass is 9.83. The maximum Gasteiger partial charge on any atom is 0.126 e. The highest BCUT2D eigenvalue weighted by molar-refractivity contribution is 5.49. The second kappa shape index (κ2) is 4.29. The van der Waals surface area contributed by atoms with Crippen LogP contribution in [0.25, 0.3) is 0 Å². The van der Waals surface area contributed by atoms with Gasteiger partial charge in [0.15, 0.2) is 0 Å². The number of nitrogens with zero attached hydrogens (tertiary/aromatic N) is 2. The first-order valence-electron chi connectivity index (χ1n) is 6.53. The third kappa shape index (κ3) is 1.69. The minimum absolute atomic E-state index is 0.535. The predicted molar refractivity (Wildman–Crippen MR) is 69.7 cm³/mol. The van der Waals surface area contributed by atoms with Crippen molar-refractivity contribution in [3.05, 3.63) is 28.8 Å². The van der Waals surface area contributed by atoms with E-state index in [0.29, 0.717) is 18.4 Å². The van der Waals surface area contributed by atoms with E-state index >= 15 is 0 Å². The molecule has 3 rings (SSSR count). The average molecular weight is 242 g/mol. The molecule has 0 aliphatic carbocycles. The summed E-state index contributed by atoms with van der Waals surface area (Å²) < 4.78 is 5.97. The van der Waals surface area contributed by atoms with Crippen LogP contribution in [0.2, 0.25) is 0 Å². The fraction of sp³-hybridized carbons (Fsp3) is 0.533. The molecule has 0 radical (unpaired) electrons. The molecule has 3 nitrogen and oxygen atoms in total. The summed E-state index contributed by atoms with van der Waals surface area (Å²) in [6.45, 7) is 7.60. The van der Waals surface area contributed by atoms with Gasteiger partial charge in [0.05, 0.1) is 19.2 Å². The first-order valence-corrected chi connectivity index (χ1v) is 6.53. The van der Waals surface area contributed by atoms with Gasteiger partial charge in [-0.15, -0.1) is 0 Å². The molecular weight excluding hydrogens is 224 g/mol. The maximum atomic E-state index is 8.83. The number of rotatable bonds is 1. The Balaban J connectivity index is 1.98. The summed E-state index contributed by atoms with van der Waals surface area (Å²) in [7, 11) is 0. The van der Waals surface area contributed by atoms with Crippen molar-refractivity contribution in [2.75, 3.05) is 26.2 Å². The molecule has 1 aromatic rings. The number of benzene rings is 1. The summed E-state index contributed by atoms with van der Waals surface area (Å²) in [6, 6.07) is 6.58. The number of aryl methyl sites for hydroxylation is 2. The Morgan fingerprint density at radius 3 is 2.89 bits per heavy atom. The number of fused-ring (bicyclic) bond motifs is 3. The van der Waals surface area contributed by atoms with Gasteiger partial charge in [0.1, 0.15) is 5.75 Å². The van der Waals surface area contributed by atoms with Gasteiger partial charge in [0.25, 0.3) is 0 Å². The highest BCUT2D eigenvalue weighted by Gasteiger charge is 2.39. The molecule has 2 aliphatic heterocycles. The monoisotopic (exact) mass is 242 g/mol. The zero-order valence-electron chi connectivity index (χ0n) is 10.9. The van der Waals surface area contributed by atoms with Crippen LogP contribution >= 0.6 is 0 Å². The molecule has 0 spiro atoms. The van der Waals surface area contributed by atoms with Crippen molar-refractivity contribution in [3.63, 3.8) is 0 Å². The van der Waals surface area contributed by atoms with Crippen LogP contribution in [0.4, 0.5) is 0 Å². The lowest BCUT2D eigenvalue weighted by molar-refractivity contribution is 0.212. The maximum absolute atomic E-state index is 8.83. The van der Waals surface area contributed by atoms with Crippen LogP contribution in [0.1, 0.15) is 22.6 Å². The molecule has 2 unspecified atom stereocenters. The Morgan fingerprint density at radius 1 is 1.33 bits per heavy atom. The predicted octanol–water partition coefficient (Wildman–Crippen LogP) is 2.23. The smallest absolute Gasteiger partial charge is 0.126 e. The minimum Gasteiger partial charge on any atom is -0.493 e. The van der Waals surface area contributed by atoms with Crippen LogP contribution in [0.15, 0.2) is 12.1 Å². The fourth-order valence-corrected chi connectivity index (χ4v) is 3.34. The molecule has 0 N–H and O–H groups in total. The van der Waals surface area contributed by atoms with E-state index in [0.717, 1.165) is 25.4 Å². The quantitative estimate of drug-likeness (QED) is 0.709. The van der Waals surface area contributed by atoms with E-state index in [1.807, 2.05) is 0 Å². The molecule has 0 amide bonds. The average Bonchev–Trinajstić information content (AvgIpc) is 2.76. The standard InChI is InChI=1S/C15H18N2O/c1-10-3-4-11(2)15-14(10)13-8-17(6-5-16)7-12(13)9-18-15/h3-4,12-13H,6-9H2,1-2H3. The number of nitriles is 1. The molecule has 2 aliphatic rings. The summed E-state index contributed by atoms with van der Waals surface area (Å²) in [6.07, 6.45) is 0. The van der Waals surface area contributed by atoms with Crippen LogP contribution in [0.5, 0.6) is 5.75 Å². The van der Waals surface area contributed by atoms with Crippen molar-refractivity contribution in [2.45, 2.75) is 19.8 Å². The molecule has 1 saturated heterocycles. The summed E-state index contributed by atoms with van der Waals surface area (Å²) in [5.41, 5.74) is 3.93. The third-order valence-electron chi connectivity index (χ3n) is 4.23. The van der Waals surface area contributed by atoms with Crippen LogP contribution in [0.3, 0.4) is 0 Å². The summed E-state index contributed by atoms with van der Waals surface area (Å²) in [5, 5.41) is 8.83. The number of ether oxygens (including phenoxy) is 1. The first-order chi connectivity index (χ1) is 8.70. The highest BCUT2D eigenvalue weighted by Crippen LogP contribution is 2.44. The molecule has 0 aromatic heterocycles. The molecule has 0 bridgehead atoms. The Morgan fingerprint density at radius 2 is 2.11 bits per heavy atom. The Bertz CT molecular complexity index is 518.